The molecule has 1 rings (SSSR count). The number of ether oxygens (including phenoxy) is 1. The lowest BCUT2D eigenvalue weighted by Gasteiger charge is -2.10. The van der Waals surface area contributed by atoms with Crippen molar-refractivity contribution in [2.24, 2.45) is 11.7 Å². The highest BCUT2D eigenvalue weighted by Crippen LogP contribution is 2.10. The van der Waals surface area contributed by atoms with Crippen LogP contribution in [0.4, 0.5) is 4.39 Å². The molecule has 100 valence electrons. The van der Waals surface area contributed by atoms with Gasteiger partial charge in [-0.25, -0.2) is 4.39 Å². The van der Waals surface area contributed by atoms with E-state index in [2.05, 4.69) is 5.32 Å². The number of carbonyl (C=O) groups is 1. The van der Waals surface area contributed by atoms with Gasteiger partial charge in [-0.1, -0.05) is 6.92 Å². The van der Waals surface area contributed by atoms with Crippen LogP contribution in [-0.4, -0.2) is 25.6 Å². The fourth-order valence-corrected chi connectivity index (χ4v) is 1.25. The zero-order chi connectivity index (χ0) is 13.4. The minimum absolute atomic E-state index is 0.0718. The summed E-state index contributed by atoms with van der Waals surface area (Å²) < 4.78 is 17.9. The predicted octanol–water partition coefficient (Wildman–Crippen LogP) is 1.31. The van der Waals surface area contributed by atoms with E-state index in [0.29, 0.717) is 18.8 Å². The highest BCUT2D eigenvalue weighted by molar-refractivity contribution is 5.75. The van der Waals surface area contributed by atoms with E-state index >= 15 is 0 Å². The SMILES string of the molecule is CC(CN)CNC(=O)CCOc1ccc(F)cc1. The van der Waals surface area contributed by atoms with Gasteiger partial charge in [0, 0.05) is 6.54 Å². The van der Waals surface area contributed by atoms with Gasteiger partial charge in [0.2, 0.25) is 5.91 Å². The molecule has 0 aromatic heterocycles. The topological polar surface area (TPSA) is 64.3 Å². The van der Waals surface area contributed by atoms with Crippen LogP contribution in [0, 0.1) is 11.7 Å². The average Bonchev–Trinajstić information content (AvgIpc) is 2.38. The van der Waals surface area contributed by atoms with Crippen molar-refractivity contribution in [2.45, 2.75) is 13.3 Å². The fraction of sp³-hybridized carbons (Fsp3) is 0.462. The molecule has 0 heterocycles. The molecule has 0 saturated heterocycles. The second-order valence-corrected chi connectivity index (χ2v) is 4.20. The molecule has 1 atom stereocenters. The van der Waals surface area contributed by atoms with Gasteiger partial charge in [-0.2, -0.15) is 0 Å². The molecule has 0 spiro atoms. The van der Waals surface area contributed by atoms with Crippen LogP contribution in [0.25, 0.3) is 0 Å². The molecule has 5 heteroatoms. The van der Waals surface area contributed by atoms with E-state index in [1.165, 1.54) is 24.3 Å². The molecule has 1 unspecified atom stereocenters. The Labute approximate surface area is 106 Å². The second kappa shape index (κ2) is 7.66. The number of nitrogens with one attached hydrogen (secondary N) is 1. The van der Waals surface area contributed by atoms with E-state index in [4.69, 9.17) is 10.5 Å². The fourth-order valence-electron chi connectivity index (χ4n) is 1.25. The van der Waals surface area contributed by atoms with Gasteiger partial charge in [-0.3, -0.25) is 4.79 Å². The number of hydrogen-bond donors (Lipinski definition) is 2. The van der Waals surface area contributed by atoms with Crippen LogP contribution in [-0.2, 0) is 4.79 Å². The van der Waals surface area contributed by atoms with Crippen molar-refractivity contribution in [3.05, 3.63) is 30.1 Å². The van der Waals surface area contributed by atoms with Crippen molar-refractivity contribution < 1.29 is 13.9 Å². The van der Waals surface area contributed by atoms with Crippen molar-refractivity contribution in [3.63, 3.8) is 0 Å². The molecule has 0 aliphatic rings. The molecule has 0 aliphatic carbocycles. The Hall–Kier alpha value is -1.62. The average molecular weight is 254 g/mol. The summed E-state index contributed by atoms with van der Waals surface area (Å²) in [5, 5.41) is 2.77. The van der Waals surface area contributed by atoms with Crippen molar-refractivity contribution in [2.75, 3.05) is 19.7 Å². The first-order valence-corrected chi connectivity index (χ1v) is 5.97. The molecule has 1 aromatic carbocycles. The molecule has 0 aliphatic heterocycles. The summed E-state index contributed by atoms with van der Waals surface area (Å²) in [4.78, 5) is 11.4. The van der Waals surface area contributed by atoms with Crippen LogP contribution in [0.2, 0.25) is 0 Å². The number of rotatable bonds is 7. The first kappa shape index (κ1) is 14.4. The molecule has 1 amide bonds. The summed E-state index contributed by atoms with van der Waals surface area (Å²) in [6, 6.07) is 5.70. The van der Waals surface area contributed by atoms with Crippen LogP contribution in [0.15, 0.2) is 24.3 Å². The third kappa shape index (κ3) is 5.63. The number of halogens is 1. The van der Waals surface area contributed by atoms with Gasteiger partial charge >= 0.3 is 0 Å². The van der Waals surface area contributed by atoms with Crippen molar-refractivity contribution >= 4 is 5.91 Å². The summed E-state index contributed by atoms with van der Waals surface area (Å²) in [6.07, 6.45) is 0.272. The maximum absolute atomic E-state index is 12.6. The number of carbonyl (C=O) groups excluding carboxylic acids is 1. The highest BCUT2D eigenvalue weighted by Gasteiger charge is 2.04. The second-order valence-electron chi connectivity index (χ2n) is 4.20. The van der Waals surface area contributed by atoms with Gasteiger partial charge in [0.1, 0.15) is 11.6 Å². The Balaban J connectivity index is 2.17. The van der Waals surface area contributed by atoms with Gasteiger partial charge < -0.3 is 15.8 Å². The Morgan fingerprint density at radius 2 is 2.11 bits per heavy atom. The minimum atomic E-state index is -0.309. The number of hydrogen-bond acceptors (Lipinski definition) is 3. The normalized spacial score (nSPS) is 11.9. The first-order valence-electron chi connectivity index (χ1n) is 5.97. The van der Waals surface area contributed by atoms with Crippen LogP contribution < -0.4 is 15.8 Å². The van der Waals surface area contributed by atoms with Crippen LogP contribution >= 0.6 is 0 Å². The number of amides is 1. The maximum atomic E-state index is 12.6. The molecule has 18 heavy (non-hydrogen) atoms. The van der Waals surface area contributed by atoms with Crippen LogP contribution in [0.3, 0.4) is 0 Å². The molecule has 0 radical (unpaired) electrons. The van der Waals surface area contributed by atoms with E-state index in [0.717, 1.165) is 0 Å². The Morgan fingerprint density at radius 3 is 2.72 bits per heavy atom. The van der Waals surface area contributed by atoms with Gasteiger partial charge in [-0.15, -0.1) is 0 Å². The van der Waals surface area contributed by atoms with Gasteiger partial charge in [-0.05, 0) is 36.7 Å². The van der Waals surface area contributed by atoms with Gasteiger partial charge in [0.05, 0.1) is 13.0 Å². The quantitative estimate of drug-likeness (QED) is 0.771. The van der Waals surface area contributed by atoms with Crippen molar-refractivity contribution in [3.8, 4) is 5.75 Å². The van der Waals surface area contributed by atoms with Crippen LogP contribution in [0.1, 0.15) is 13.3 Å². The monoisotopic (exact) mass is 254 g/mol. The van der Waals surface area contributed by atoms with Crippen molar-refractivity contribution in [1.29, 1.82) is 0 Å². The Bertz CT molecular complexity index is 368. The number of benzene rings is 1. The minimum Gasteiger partial charge on any atom is -0.493 e. The zero-order valence-electron chi connectivity index (χ0n) is 10.5. The molecule has 1 aromatic rings. The molecule has 0 fully saturated rings. The smallest absolute Gasteiger partial charge is 0.223 e. The molecular weight excluding hydrogens is 235 g/mol. The largest absolute Gasteiger partial charge is 0.493 e. The predicted molar refractivity (Wildman–Crippen MR) is 67.7 cm³/mol. The van der Waals surface area contributed by atoms with E-state index in [1.807, 2.05) is 6.92 Å². The third-order valence-electron chi connectivity index (χ3n) is 2.46. The third-order valence-corrected chi connectivity index (χ3v) is 2.46. The summed E-state index contributed by atoms with van der Waals surface area (Å²) >= 11 is 0. The summed E-state index contributed by atoms with van der Waals surface area (Å²) in [6.45, 7) is 3.36. The molecule has 0 bridgehead atoms. The Kier molecular flexibility index (Phi) is 6.14. The maximum Gasteiger partial charge on any atom is 0.223 e. The lowest BCUT2D eigenvalue weighted by Crippen LogP contribution is -2.31. The van der Waals surface area contributed by atoms with Crippen LogP contribution in [0.5, 0.6) is 5.75 Å². The molecular formula is C13H19FN2O2. The molecule has 4 nitrogen and oxygen atoms in total. The lowest BCUT2D eigenvalue weighted by molar-refractivity contribution is -0.121. The Morgan fingerprint density at radius 1 is 1.44 bits per heavy atom. The zero-order valence-corrected chi connectivity index (χ0v) is 10.5. The standard InChI is InChI=1S/C13H19FN2O2/c1-10(8-15)9-16-13(17)6-7-18-12-4-2-11(14)3-5-12/h2-5,10H,6-9,15H2,1H3,(H,16,17). The van der Waals surface area contributed by atoms with E-state index in [1.54, 1.807) is 0 Å². The highest BCUT2D eigenvalue weighted by atomic mass is 19.1. The van der Waals surface area contributed by atoms with Gasteiger partial charge in [0.15, 0.2) is 0 Å². The molecule has 0 saturated carbocycles. The van der Waals surface area contributed by atoms with E-state index in [-0.39, 0.29) is 30.7 Å². The first-order chi connectivity index (χ1) is 8.61. The van der Waals surface area contributed by atoms with E-state index in [9.17, 15) is 9.18 Å². The van der Waals surface area contributed by atoms with Crippen molar-refractivity contribution in [1.82, 2.24) is 5.32 Å². The summed E-state index contributed by atoms with van der Waals surface area (Å²) in [5.41, 5.74) is 5.44. The summed E-state index contributed by atoms with van der Waals surface area (Å²) in [5.74, 6) is 0.444. The number of nitrogens with two attached hydrogens (primary N) is 1. The van der Waals surface area contributed by atoms with Gasteiger partial charge in [0.25, 0.3) is 0 Å². The summed E-state index contributed by atoms with van der Waals surface area (Å²) in [7, 11) is 0. The molecule has 3 N–H and O–H groups in total. The van der Waals surface area contributed by atoms with E-state index < -0.39 is 0 Å². The lowest BCUT2D eigenvalue weighted by atomic mass is 10.2.